The summed E-state index contributed by atoms with van der Waals surface area (Å²) in [5, 5.41) is 3.37. The van der Waals surface area contributed by atoms with Crippen LogP contribution in [0.4, 0.5) is 11.4 Å². The number of anilines is 2. The smallest absolute Gasteiger partial charge is 0.212 e. The molecule has 3 heterocycles. The highest BCUT2D eigenvalue weighted by Gasteiger charge is 2.45. The van der Waals surface area contributed by atoms with Crippen molar-refractivity contribution in [3.05, 3.63) is 54.6 Å². The highest BCUT2D eigenvalue weighted by molar-refractivity contribution is 6.07. The van der Waals surface area contributed by atoms with E-state index in [1.807, 2.05) is 48.8 Å². The Morgan fingerprint density at radius 3 is 2.88 bits per heavy atom. The molecule has 1 saturated carbocycles. The fraction of sp³-hybridized carbons (Fsp3) is 0.211. The molecule has 5 rings (SSSR count). The maximum atomic E-state index is 5.88. The number of fused-ring (bicyclic) bond motifs is 3. The number of nitrogens with one attached hydrogen (secondary N) is 1. The van der Waals surface area contributed by atoms with Gasteiger partial charge in [-0.05, 0) is 30.7 Å². The van der Waals surface area contributed by atoms with Gasteiger partial charge in [0.05, 0.1) is 31.1 Å². The van der Waals surface area contributed by atoms with Crippen molar-refractivity contribution in [2.24, 2.45) is 4.99 Å². The minimum atomic E-state index is 0.296. The van der Waals surface area contributed by atoms with Gasteiger partial charge >= 0.3 is 0 Å². The molecule has 130 valence electrons. The maximum Gasteiger partial charge on any atom is 0.212 e. The Morgan fingerprint density at radius 2 is 2.12 bits per heavy atom. The van der Waals surface area contributed by atoms with Crippen molar-refractivity contribution >= 4 is 17.2 Å². The molecule has 0 bridgehead atoms. The number of nitrogens with two attached hydrogens (primary N) is 1. The van der Waals surface area contributed by atoms with E-state index in [2.05, 4.69) is 19.9 Å². The second-order valence-corrected chi connectivity index (χ2v) is 6.52. The lowest BCUT2D eigenvalue weighted by Crippen LogP contribution is -2.24. The molecule has 2 atom stereocenters. The summed E-state index contributed by atoms with van der Waals surface area (Å²) in [6, 6.07) is 12.2. The zero-order valence-electron chi connectivity index (χ0n) is 14.3. The minimum absolute atomic E-state index is 0.296. The van der Waals surface area contributed by atoms with Crippen LogP contribution < -0.4 is 15.8 Å². The van der Waals surface area contributed by atoms with E-state index < -0.39 is 0 Å². The molecule has 1 fully saturated rings. The number of pyridine rings is 1. The third-order valence-electron chi connectivity index (χ3n) is 4.75. The first-order valence-electron chi connectivity index (χ1n) is 8.51. The number of nitrogen functional groups attached to an aromatic ring is 1. The summed E-state index contributed by atoms with van der Waals surface area (Å²) in [6.07, 6.45) is 4.73. The Labute approximate surface area is 150 Å². The van der Waals surface area contributed by atoms with Crippen molar-refractivity contribution in [1.29, 1.82) is 0 Å². The van der Waals surface area contributed by atoms with E-state index >= 15 is 0 Å². The second kappa shape index (κ2) is 5.59. The molecule has 0 saturated heterocycles. The van der Waals surface area contributed by atoms with Gasteiger partial charge in [-0.2, -0.15) is 0 Å². The Morgan fingerprint density at radius 1 is 1.19 bits per heavy atom. The molecule has 0 spiro atoms. The molecule has 3 N–H and O–H groups in total. The molecule has 26 heavy (non-hydrogen) atoms. The van der Waals surface area contributed by atoms with E-state index in [0.29, 0.717) is 23.7 Å². The van der Waals surface area contributed by atoms with Crippen molar-refractivity contribution in [2.75, 3.05) is 18.2 Å². The average molecular weight is 346 g/mol. The summed E-state index contributed by atoms with van der Waals surface area (Å²) < 4.78 is 7.41. The maximum absolute atomic E-state index is 5.88. The predicted molar refractivity (Wildman–Crippen MR) is 100 cm³/mol. The van der Waals surface area contributed by atoms with Crippen molar-refractivity contribution in [1.82, 2.24) is 14.5 Å². The monoisotopic (exact) mass is 346 g/mol. The molecular weight excluding hydrogens is 328 g/mol. The molecule has 2 unspecified atom stereocenters. The van der Waals surface area contributed by atoms with E-state index in [0.717, 1.165) is 35.0 Å². The average Bonchev–Trinajstić information content (AvgIpc) is 3.29. The summed E-state index contributed by atoms with van der Waals surface area (Å²) in [7, 11) is 1.61. The summed E-state index contributed by atoms with van der Waals surface area (Å²) in [5.41, 5.74) is 9.56. The summed E-state index contributed by atoms with van der Waals surface area (Å²) >= 11 is 0. The van der Waals surface area contributed by atoms with Crippen LogP contribution in [-0.2, 0) is 0 Å². The van der Waals surface area contributed by atoms with Crippen LogP contribution in [0.5, 0.6) is 5.88 Å². The Bertz CT molecular complexity index is 1010. The van der Waals surface area contributed by atoms with Crippen molar-refractivity contribution in [2.45, 2.75) is 18.5 Å². The van der Waals surface area contributed by atoms with E-state index in [1.165, 1.54) is 0 Å². The normalized spacial score (nSPS) is 20.0. The Kier molecular flexibility index (Phi) is 3.21. The zero-order valence-corrected chi connectivity index (χ0v) is 14.3. The molecule has 7 nitrogen and oxygen atoms in total. The minimum Gasteiger partial charge on any atom is -0.481 e. The number of nitrogens with zero attached hydrogens (tertiary/aromatic N) is 4. The number of benzene rings is 1. The summed E-state index contributed by atoms with van der Waals surface area (Å²) in [5.74, 6) is 2.22. The van der Waals surface area contributed by atoms with Crippen LogP contribution in [0.3, 0.4) is 0 Å². The standard InChI is InChI=1S/C19H18N6O/c1-26-17-6-5-11(9-21-17)16-10-22-19-18(24-14-8-15(14)25(16)19)23-13-4-2-3-12(20)7-13/h2-7,9-10,14-15H,8,20H2,1H3,(H,23,24). The third kappa shape index (κ3) is 2.40. The number of amidine groups is 1. The quantitative estimate of drug-likeness (QED) is 0.712. The van der Waals surface area contributed by atoms with Gasteiger partial charge in [-0.1, -0.05) is 6.07 Å². The Balaban J connectivity index is 1.52. The third-order valence-corrected chi connectivity index (χ3v) is 4.75. The molecule has 7 heteroatoms. The van der Waals surface area contributed by atoms with E-state index in [4.69, 9.17) is 15.5 Å². The van der Waals surface area contributed by atoms with Crippen molar-refractivity contribution < 1.29 is 4.74 Å². The molecule has 0 amide bonds. The van der Waals surface area contributed by atoms with Crippen molar-refractivity contribution in [3.63, 3.8) is 0 Å². The zero-order chi connectivity index (χ0) is 17.7. The lowest BCUT2D eigenvalue weighted by Gasteiger charge is -2.18. The van der Waals surface area contributed by atoms with Crippen LogP contribution in [0.2, 0.25) is 0 Å². The molecular formula is C19H18N6O. The van der Waals surface area contributed by atoms with Gasteiger partial charge in [-0.3, -0.25) is 4.99 Å². The van der Waals surface area contributed by atoms with Gasteiger partial charge in [0.2, 0.25) is 5.88 Å². The lowest BCUT2D eigenvalue weighted by molar-refractivity contribution is 0.398. The number of rotatable bonds is 3. The first-order chi connectivity index (χ1) is 12.7. The highest BCUT2D eigenvalue weighted by atomic mass is 16.5. The fourth-order valence-electron chi connectivity index (χ4n) is 3.39. The van der Waals surface area contributed by atoms with Gasteiger partial charge in [0.15, 0.2) is 11.7 Å². The molecule has 2 aromatic heterocycles. The summed E-state index contributed by atoms with van der Waals surface area (Å²) in [4.78, 5) is 13.7. The van der Waals surface area contributed by atoms with Crippen LogP contribution in [-0.4, -0.2) is 33.5 Å². The fourth-order valence-corrected chi connectivity index (χ4v) is 3.39. The van der Waals surface area contributed by atoms with E-state index in [9.17, 15) is 0 Å². The predicted octanol–water partition coefficient (Wildman–Crippen LogP) is 2.72. The highest BCUT2D eigenvalue weighted by Crippen LogP contribution is 2.45. The van der Waals surface area contributed by atoms with Crippen LogP contribution in [0.15, 0.2) is 53.8 Å². The number of hydrogen-bond donors (Lipinski definition) is 2. The van der Waals surface area contributed by atoms with Crippen molar-refractivity contribution in [3.8, 4) is 17.1 Å². The molecule has 0 radical (unpaired) electrons. The lowest BCUT2D eigenvalue weighted by atomic mass is 10.2. The van der Waals surface area contributed by atoms with Crippen LogP contribution in [0.1, 0.15) is 18.3 Å². The van der Waals surface area contributed by atoms with Gasteiger partial charge in [-0.25, -0.2) is 9.97 Å². The van der Waals surface area contributed by atoms with Crippen LogP contribution in [0, 0.1) is 0 Å². The van der Waals surface area contributed by atoms with Gasteiger partial charge in [0.25, 0.3) is 0 Å². The number of ether oxygens (including phenoxy) is 1. The molecule has 3 aromatic rings. The molecule has 2 aliphatic rings. The number of imidazole rings is 1. The van der Waals surface area contributed by atoms with Gasteiger partial charge in [0.1, 0.15) is 0 Å². The molecule has 1 aliphatic carbocycles. The SMILES string of the molecule is COc1ccc(-c2cnc3n2C2CC2N=C3Nc2cccc(N)c2)cn1. The van der Waals surface area contributed by atoms with E-state index in [1.54, 1.807) is 7.11 Å². The number of aromatic nitrogens is 3. The van der Waals surface area contributed by atoms with Crippen LogP contribution >= 0.6 is 0 Å². The number of hydrogen-bond acceptors (Lipinski definition) is 6. The topological polar surface area (TPSA) is 90.3 Å². The first-order valence-corrected chi connectivity index (χ1v) is 8.51. The molecule has 1 aromatic carbocycles. The molecule has 1 aliphatic heterocycles. The largest absolute Gasteiger partial charge is 0.481 e. The Hall–Kier alpha value is -3.35. The van der Waals surface area contributed by atoms with Gasteiger partial charge in [-0.15, -0.1) is 0 Å². The van der Waals surface area contributed by atoms with E-state index in [-0.39, 0.29) is 0 Å². The number of methoxy groups -OCH3 is 1. The summed E-state index contributed by atoms with van der Waals surface area (Å²) in [6.45, 7) is 0. The second-order valence-electron chi connectivity index (χ2n) is 6.52. The number of aliphatic imine (C=N–C) groups is 1. The van der Waals surface area contributed by atoms with Crippen LogP contribution in [0.25, 0.3) is 11.3 Å². The first kappa shape index (κ1) is 14.9. The van der Waals surface area contributed by atoms with Gasteiger partial charge in [0, 0.05) is 29.2 Å². The van der Waals surface area contributed by atoms with Gasteiger partial charge < -0.3 is 20.4 Å².